The van der Waals surface area contributed by atoms with Crippen LogP contribution in [0.3, 0.4) is 0 Å². The van der Waals surface area contributed by atoms with Crippen LogP contribution in [0.2, 0.25) is 0 Å². The molecule has 0 aliphatic carbocycles. The zero-order valence-electron chi connectivity index (χ0n) is 20.7. The SMILES string of the molecule is COc1cc(Cc2ccc(O)cc2-c2ccc(NC(=O)CC(N)CO)cc2)ccc1CN1CCCC1. The second-order valence-electron chi connectivity index (χ2n) is 9.42. The first-order valence-corrected chi connectivity index (χ1v) is 12.4. The van der Waals surface area contributed by atoms with Gasteiger partial charge in [-0.1, -0.05) is 30.3 Å². The van der Waals surface area contributed by atoms with Gasteiger partial charge in [-0.3, -0.25) is 9.69 Å². The molecular formula is C29H35N3O4. The van der Waals surface area contributed by atoms with Gasteiger partial charge in [0.15, 0.2) is 0 Å². The van der Waals surface area contributed by atoms with Gasteiger partial charge in [0.2, 0.25) is 5.91 Å². The van der Waals surface area contributed by atoms with Crippen LogP contribution in [-0.4, -0.2) is 53.9 Å². The van der Waals surface area contributed by atoms with E-state index in [1.54, 1.807) is 19.2 Å². The lowest BCUT2D eigenvalue weighted by Crippen LogP contribution is -2.30. The van der Waals surface area contributed by atoms with Crippen LogP contribution < -0.4 is 15.8 Å². The van der Waals surface area contributed by atoms with Crippen molar-refractivity contribution in [3.63, 3.8) is 0 Å². The van der Waals surface area contributed by atoms with E-state index in [1.165, 1.54) is 18.4 Å². The molecule has 1 amide bonds. The van der Waals surface area contributed by atoms with Crippen LogP contribution in [0.4, 0.5) is 5.69 Å². The number of aromatic hydroxyl groups is 1. The zero-order valence-corrected chi connectivity index (χ0v) is 20.7. The fourth-order valence-corrected chi connectivity index (χ4v) is 4.67. The molecule has 1 saturated heterocycles. The van der Waals surface area contributed by atoms with Gasteiger partial charge in [0.1, 0.15) is 11.5 Å². The number of ether oxygens (including phenoxy) is 1. The van der Waals surface area contributed by atoms with Crippen molar-refractivity contribution in [3.05, 3.63) is 77.4 Å². The van der Waals surface area contributed by atoms with Crippen molar-refractivity contribution in [3.8, 4) is 22.6 Å². The molecule has 0 radical (unpaired) electrons. The highest BCUT2D eigenvalue weighted by molar-refractivity contribution is 5.91. The number of nitrogens with one attached hydrogen (secondary N) is 1. The van der Waals surface area contributed by atoms with E-state index in [1.807, 2.05) is 30.3 Å². The van der Waals surface area contributed by atoms with E-state index in [0.717, 1.165) is 47.6 Å². The second kappa shape index (κ2) is 12.0. The number of phenols is 1. The van der Waals surface area contributed by atoms with E-state index in [0.29, 0.717) is 12.1 Å². The van der Waals surface area contributed by atoms with E-state index in [9.17, 15) is 9.90 Å². The summed E-state index contributed by atoms with van der Waals surface area (Å²) in [6.45, 7) is 2.95. The van der Waals surface area contributed by atoms with Crippen molar-refractivity contribution in [2.24, 2.45) is 5.73 Å². The topological polar surface area (TPSA) is 108 Å². The van der Waals surface area contributed by atoms with Gasteiger partial charge in [0.25, 0.3) is 0 Å². The van der Waals surface area contributed by atoms with Gasteiger partial charge >= 0.3 is 0 Å². The number of hydrogen-bond acceptors (Lipinski definition) is 6. The number of carbonyl (C=O) groups excluding carboxylic acids is 1. The standard InChI is InChI=1S/C29H35N3O4/c1-36-28-15-20(4-5-23(28)18-32-12-2-3-13-32)14-22-8-11-26(34)17-27(22)21-6-9-25(10-7-21)31-29(35)16-24(30)19-33/h4-11,15,17,24,33-34H,2-3,12-14,16,18-19,30H2,1H3,(H,31,35). The van der Waals surface area contributed by atoms with Crippen LogP contribution >= 0.6 is 0 Å². The molecule has 1 fully saturated rings. The number of phenolic OH excluding ortho intramolecular Hbond substituents is 1. The Morgan fingerprint density at radius 1 is 1.06 bits per heavy atom. The molecule has 0 spiro atoms. The van der Waals surface area contributed by atoms with Gasteiger partial charge in [-0.15, -0.1) is 0 Å². The molecule has 36 heavy (non-hydrogen) atoms. The highest BCUT2D eigenvalue weighted by Crippen LogP contribution is 2.32. The maximum absolute atomic E-state index is 12.1. The Morgan fingerprint density at radius 2 is 1.78 bits per heavy atom. The number of carbonyl (C=O) groups is 1. The molecule has 7 heteroatoms. The van der Waals surface area contributed by atoms with Gasteiger partial charge in [-0.25, -0.2) is 0 Å². The van der Waals surface area contributed by atoms with Crippen molar-refractivity contribution in [1.29, 1.82) is 0 Å². The zero-order chi connectivity index (χ0) is 25.5. The molecule has 190 valence electrons. The number of aliphatic hydroxyl groups excluding tert-OH is 1. The number of aliphatic hydroxyl groups is 1. The lowest BCUT2D eigenvalue weighted by Gasteiger charge is -2.18. The van der Waals surface area contributed by atoms with Crippen LogP contribution in [-0.2, 0) is 17.8 Å². The number of anilines is 1. The molecule has 0 bridgehead atoms. The quantitative estimate of drug-likeness (QED) is 0.344. The maximum Gasteiger partial charge on any atom is 0.226 e. The monoisotopic (exact) mass is 489 g/mol. The number of nitrogens with two attached hydrogens (primary N) is 1. The number of nitrogens with zero attached hydrogens (tertiary/aromatic N) is 1. The first-order chi connectivity index (χ1) is 17.4. The molecule has 7 nitrogen and oxygen atoms in total. The lowest BCUT2D eigenvalue weighted by molar-refractivity contribution is -0.116. The number of benzene rings is 3. The minimum atomic E-state index is -0.577. The van der Waals surface area contributed by atoms with Gasteiger partial charge in [0, 0.05) is 30.3 Å². The van der Waals surface area contributed by atoms with Crippen molar-refractivity contribution >= 4 is 11.6 Å². The summed E-state index contributed by atoms with van der Waals surface area (Å²) in [7, 11) is 1.72. The van der Waals surface area contributed by atoms with Crippen molar-refractivity contribution in [1.82, 2.24) is 4.90 Å². The number of amides is 1. The summed E-state index contributed by atoms with van der Waals surface area (Å²) in [5.74, 6) is 0.855. The van der Waals surface area contributed by atoms with E-state index < -0.39 is 6.04 Å². The maximum atomic E-state index is 12.1. The van der Waals surface area contributed by atoms with Gasteiger partial charge < -0.3 is 26.0 Å². The van der Waals surface area contributed by atoms with Crippen LogP contribution in [0.5, 0.6) is 11.5 Å². The number of likely N-dealkylation sites (tertiary alicyclic amines) is 1. The van der Waals surface area contributed by atoms with Gasteiger partial charge in [-0.05, 0) is 84.9 Å². The molecule has 1 aliphatic heterocycles. The Labute approximate surface area is 212 Å². The summed E-state index contributed by atoms with van der Waals surface area (Å²) >= 11 is 0. The molecule has 1 atom stereocenters. The highest BCUT2D eigenvalue weighted by Gasteiger charge is 2.16. The van der Waals surface area contributed by atoms with Crippen LogP contribution in [0.15, 0.2) is 60.7 Å². The van der Waals surface area contributed by atoms with Crippen LogP contribution in [0.25, 0.3) is 11.1 Å². The first kappa shape index (κ1) is 25.7. The summed E-state index contributed by atoms with van der Waals surface area (Å²) < 4.78 is 5.72. The Bertz CT molecular complexity index is 1170. The molecule has 3 aromatic rings. The summed E-state index contributed by atoms with van der Waals surface area (Å²) in [5.41, 5.74) is 11.6. The first-order valence-electron chi connectivity index (χ1n) is 12.4. The molecule has 1 unspecified atom stereocenters. The molecular weight excluding hydrogens is 454 g/mol. The molecule has 4 rings (SSSR count). The number of hydrogen-bond donors (Lipinski definition) is 4. The van der Waals surface area contributed by atoms with E-state index in [-0.39, 0.29) is 24.7 Å². The van der Waals surface area contributed by atoms with E-state index in [2.05, 4.69) is 28.4 Å². The molecule has 0 saturated carbocycles. The average Bonchev–Trinajstić information content (AvgIpc) is 3.39. The van der Waals surface area contributed by atoms with Crippen LogP contribution in [0.1, 0.15) is 36.0 Å². The smallest absolute Gasteiger partial charge is 0.226 e. The molecule has 1 heterocycles. The fraction of sp³-hybridized carbons (Fsp3) is 0.345. The second-order valence-corrected chi connectivity index (χ2v) is 9.42. The lowest BCUT2D eigenvalue weighted by atomic mass is 9.94. The van der Waals surface area contributed by atoms with Gasteiger partial charge in [0.05, 0.1) is 13.7 Å². The third-order valence-electron chi connectivity index (χ3n) is 6.59. The molecule has 1 aliphatic rings. The van der Waals surface area contributed by atoms with Crippen molar-refractivity contribution in [2.75, 3.05) is 32.1 Å². The third-order valence-corrected chi connectivity index (χ3v) is 6.59. The van der Waals surface area contributed by atoms with E-state index in [4.69, 9.17) is 15.6 Å². The average molecular weight is 490 g/mol. The summed E-state index contributed by atoms with van der Waals surface area (Å²) in [6.07, 6.45) is 3.26. The van der Waals surface area contributed by atoms with E-state index >= 15 is 0 Å². The third kappa shape index (κ3) is 6.63. The minimum Gasteiger partial charge on any atom is -0.508 e. The molecule has 0 aromatic heterocycles. The molecule has 5 N–H and O–H groups in total. The van der Waals surface area contributed by atoms with Crippen molar-refractivity contribution < 1.29 is 19.7 Å². The predicted octanol–water partition coefficient (Wildman–Crippen LogP) is 3.90. The Kier molecular flexibility index (Phi) is 8.59. The Hall–Kier alpha value is -3.39. The number of rotatable bonds is 10. The summed E-state index contributed by atoms with van der Waals surface area (Å²) in [4.78, 5) is 14.5. The Balaban J connectivity index is 1.51. The van der Waals surface area contributed by atoms with Gasteiger partial charge in [-0.2, -0.15) is 0 Å². The van der Waals surface area contributed by atoms with Crippen LogP contribution in [0, 0.1) is 0 Å². The normalized spacial score (nSPS) is 14.5. The minimum absolute atomic E-state index is 0.0508. The Morgan fingerprint density at radius 3 is 2.47 bits per heavy atom. The summed E-state index contributed by atoms with van der Waals surface area (Å²) in [5, 5.41) is 22.0. The number of methoxy groups -OCH3 is 1. The predicted molar refractivity (Wildman–Crippen MR) is 142 cm³/mol. The highest BCUT2D eigenvalue weighted by atomic mass is 16.5. The van der Waals surface area contributed by atoms with Crippen molar-refractivity contribution in [2.45, 2.75) is 38.3 Å². The summed E-state index contributed by atoms with van der Waals surface area (Å²) in [6, 6.07) is 18.7. The molecule has 3 aromatic carbocycles. The largest absolute Gasteiger partial charge is 0.508 e. The fourth-order valence-electron chi connectivity index (χ4n) is 4.67.